The first-order valence-corrected chi connectivity index (χ1v) is 8.80. The van der Waals surface area contributed by atoms with E-state index in [9.17, 15) is 0 Å². The molecule has 0 heteroatoms. The molecule has 0 aliphatic rings. The molecule has 0 bridgehead atoms. The molecule has 4 aromatic rings. The first-order chi connectivity index (χ1) is 12.9. The normalized spacial score (nSPS) is 10.2. The molecule has 4 aromatic carbocycles. The van der Waals surface area contributed by atoms with Gasteiger partial charge in [-0.2, -0.15) is 0 Å². The van der Waals surface area contributed by atoms with Crippen molar-refractivity contribution in [2.45, 2.75) is 0 Å². The summed E-state index contributed by atoms with van der Waals surface area (Å²) < 4.78 is 0. The van der Waals surface area contributed by atoms with Crippen LogP contribution < -0.4 is 0 Å². The topological polar surface area (TPSA) is 0 Å². The van der Waals surface area contributed by atoms with Crippen LogP contribution in [-0.2, 0) is 0 Å². The van der Waals surface area contributed by atoms with Gasteiger partial charge in [-0.1, -0.05) is 133 Å². The Labute approximate surface area is 156 Å². The van der Waals surface area contributed by atoms with E-state index in [1.54, 1.807) is 0 Å². The fourth-order valence-electron chi connectivity index (χ4n) is 2.58. The Kier molecular flexibility index (Phi) is 6.58. The van der Waals surface area contributed by atoms with Crippen molar-refractivity contribution in [3.05, 3.63) is 132 Å². The highest BCUT2D eigenvalue weighted by molar-refractivity contribution is 5.69. The SMILES string of the molecule is C(=C\c1ccccc1)/c1ccccc1.c1ccc(-c2ccccc2)cc1. The monoisotopic (exact) mass is 334 g/mol. The third-order valence-corrected chi connectivity index (χ3v) is 3.95. The van der Waals surface area contributed by atoms with E-state index in [2.05, 4.69) is 84.9 Å². The van der Waals surface area contributed by atoms with Crippen molar-refractivity contribution in [3.63, 3.8) is 0 Å². The van der Waals surface area contributed by atoms with Gasteiger partial charge in [0.25, 0.3) is 0 Å². The molecule has 0 nitrogen and oxygen atoms in total. The van der Waals surface area contributed by atoms with Gasteiger partial charge in [0.1, 0.15) is 0 Å². The van der Waals surface area contributed by atoms with E-state index >= 15 is 0 Å². The van der Waals surface area contributed by atoms with Gasteiger partial charge in [0.05, 0.1) is 0 Å². The summed E-state index contributed by atoms with van der Waals surface area (Å²) in [5.41, 5.74) is 5.02. The molecule has 26 heavy (non-hydrogen) atoms. The predicted molar refractivity (Wildman–Crippen MR) is 114 cm³/mol. The minimum absolute atomic E-state index is 1.23. The average molecular weight is 334 g/mol. The zero-order valence-corrected chi connectivity index (χ0v) is 14.7. The zero-order valence-electron chi connectivity index (χ0n) is 14.7. The van der Waals surface area contributed by atoms with Gasteiger partial charge in [-0.25, -0.2) is 0 Å². The lowest BCUT2D eigenvalue weighted by atomic mass is 10.1. The predicted octanol–water partition coefficient (Wildman–Crippen LogP) is 7.21. The summed E-state index contributed by atoms with van der Waals surface area (Å²) in [4.78, 5) is 0. The molecule has 0 aliphatic carbocycles. The maximum absolute atomic E-state index is 2.12. The van der Waals surface area contributed by atoms with E-state index in [0.29, 0.717) is 0 Å². The lowest BCUT2D eigenvalue weighted by Crippen LogP contribution is -1.73. The first kappa shape index (κ1) is 17.4. The van der Waals surface area contributed by atoms with Gasteiger partial charge in [0.15, 0.2) is 0 Å². The molecule has 0 aromatic heterocycles. The highest BCUT2D eigenvalue weighted by atomic mass is 14.0. The van der Waals surface area contributed by atoms with Gasteiger partial charge >= 0.3 is 0 Å². The maximum atomic E-state index is 2.12. The van der Waals surface area contributed by atoms with E-state index in [-0.39, 0.29) is 0 Å². The maximum Gasteiger partial charge on any atom is -0.0184 e. The van der Waals surface area contributed by atoms with Gasteiger partial charge < -0.3 is 0 Å². The molecule has 0 N–H and O–H groups in total. The van der Waals surface area contributed by atoms with E-state index in [0.717, 1.165) is 0 Å². The average Bonchev–Trinajstić information content (AvgIpc) is 2.75. The summed E-state index contributed by atoms with van der Waals surface area (Å²) in [6, 6.07) is 41.4. The molecule has 0 unspecified atom stereocenters. The molecule has 0 aliphatic heterocycles. The summed E-state index contributed by atoms with van der Waals surface area (Å²) in [5.74, 6) is 0. The van der Waals surface area contributed by atoms with Crippen LogP contribution in [0.25, 0.3) is 23.3 Å². The highest BCUT2D eigenvalue weighted by Crippen LogP contribution is 2.17. The largest absolute Gasteiger partial charge is 0.0622 e. The van der Waals surface area contributed by atoms with Crippen molar-refractivity contribution in [2.24, 2.45) is 0 Å². The summed E-state index contributed by atoms with van der Waals surface area (Å²) in [5, 5.41) is 0. The zero-order chi connectivity index (χ0) is 17.9. The lowest BCUT2D eigenvalue weighted by molar-refractivity contribution is 1.62. The molecule has 0 saturated carbocycles. The Balaban J connectivity index is 0.000000152. The second kappa shape index (κ2) is 9.80. The standard InChI is InChI=1S/C14H12.C12H10/c1-3-7-13(8-4-1)11-12-14-9-5-2-6-10-14;1-3-7-11(8-4-1)12-9-5-2-6-10-12/h1-12H;1-10H/b12-11+;. The van der Waals surface area contributed by atoms with E-state index in [4.69, 9.17) is 0 Å². The van der Waals surface area contributed by atoms with Crippen molar-refractivity contribution >= 4 is 12.2 Å². The molecular weight excluding hydrogens is 312 g/mol. The quantitative estimate of drug-likeness (QED) is 0.347. The molecule has 0 atom stereocenters. The Morgan fingerprint density at radius 1 is 0.308 bits per heavy atom. The van der Waals surface area contributed by atoms with Gasteiger partial charge in [0.2, 0.25) is 0 Å². The molecular formula is C26H22. The molecule has 0 radical (unpaired) electrons. The highest BCUT2D eigenvalue weighted by Gasteiger charge is 1.91. The summed E-state index contributed by atoms with van der Waals surface area (Å²) in [7, 11) is 0. The van der Waals surface area contributed by atoms with Crippen LogP contribution in [0, 0.1) is 0 Å². The Morgan fingerprint density at radius 2 is 0.577 bits per heavy atom. The van der Waals surface area contributed by atoms with E-state index < -0.39 is 0 Å². The second-order valence-electron chi connectivity index (χ2n) is 5.89. The van der Waals surface area contributed by atoms with Gasteiger partial charge in [0, 0.05) is 0 Å². The van der Waals surface area contributed by atoms with Crippen LogP contribution in [0.1, 0.15) is 11.1 Å². The van der Waals surface area contributed by atoms with Crippen LogP contribution in [0.4, 0.5) is 0 Å². The number of rotatable bonds is 3. The number of hydrogen-bond acceptors (Lipinski definition) is 0. The fourth-order valence-corrected chi connectivity index (χ4v) is 2.58. The molecule has 4 rings (SSSR count). The van der Waals surface area contributed by atoms with E-state index in [1.807, 2.05) is 48.5 Å². The number of benzene rings is 4. The van der Waals surface area contributed by atoms with Crippen LogP contribution in [0.5, 0.6) is 0 Å². The Bertz CT molecular complexity index is 814. The summed E-state index contributed by atoms with van der Waals surface area (Å²) in [6.45, 7) is 0. The van der Waals surface area contributed by atoms with Crippen LogP contribution in [0.3, 0.4) is 0 Å². The molecule has 0 heterocycles. The van der Waals surface area contributed by atoms with Gasteiger partial charge in [-0.05, 0) is 22.3 Å². The minimum Gasteiger partial charge on any atom is -0.0622 e. The van der Waals surface area contributed by atoms with Crippen LogP contribution >= 0.6 is 0 Å². The Morgan fingerprint density at radius 3 is 0.885 bits per heavy atom. The van der Waals surface area contributed by atoms with E-state index in [1.165, 1.54) is 22.3 Å². The molecule has 0 amide bonds. The molecule has 0 saturated heterocycles. The lowest BCUT2D eigenvalue weighted by Gasteiger charge is -1.98. The molecule has 126 valence electrons. The van der Waals surface area contributed by atoms with Crippen molar-refractivity contribution in [2.75, 3.05) is 0 Å². The fraction of sp³-hybridized carbons (Fsp3) is 0. The van der Waals surface area contributed by atoms with Crippen molar-refractivity contribution < 1.29 is 0 Å². The molecule has 0 spiro atoms. The third kappa shape index (κ3) is 5.61. The van der Waals surface area contributed by atoms with Crippen LogP contribution in [0.15, 0.2) is 121 Å². The van der Waals surface area contributed by atoms with Crippen molar-refractivity contribution in [1.82, 2.24) is 0 Å². The first-order valence-electron chi connectivity index (χ1n) is 8.80. The van der Waals surface area contributed by atoms with Crippen molar-refractivity contribution in [1.29, 1.82) is 0 Å². The smallest absolute Gasteiger partial charge is 0.0184 e. The van der Waals surface area contributed by atoms with Gasteiger partial charge in [-0.15, -0.1) is 0 Å². The second-order valence-corrected chi connectivity index (χ2v) is 5.89. The summed E-state index contributed by atoms with van der Waals surface area (Å²) in [6.07, 6.45) is 4.24. The third-order valence-electron chi connectivity index (χ3n) is 3.95. The van der Waals surface area contributed by atoms with Crippen molar-refractivity contribution in [3.8, 4) is 11.1 Å². The van der Waals surface area contributed by atoms with Crippen LogP contribution in [-0.4, -0.2) is 0 Å². The van der Waals surface area contributed by atoms with Gasteiger partial charge in [-0.3, -0.25) is 0 Å². The Hall–Kier alpha value is -3.38. The minimum atomic E-state index is 1.23. The molecule has 0 fully saturated rings. The number of hydrogen-bond donors (Lipinski definition) is 0. The summed E-state index contributed by atoms with van der Waals surface area (Å²) >= 11 is 0. The van der Waals surface area contributed by atoms with Crippen LogP contribution in [0.2, 0.25) is 0 Å².